The predicted octanol–water partition coefficient (Wildman–Crippen LogP) is 2.46. The molecule has 0 saturated heterocycles. The van der Waals surface area contributed by atoms with E-state index in [9.17, 15) is 4.79 Å². The van der Waals surface area contributed by atoms with Gasteiger partial charge in [-0.1, -0.05) is 36.4 Å². The van der Waals surface area contributed by atoms with Gasteiger partial charge in [-0.3, -0.25) is 4.79 Å². The Kier molecular flexibility index (Phi) is 5.90. The van der Waals surface area contributed by atoms with Crippen LogP contribution in [0.5, 0.6) is 0 Å². The summed E-state index contributed by atoms with van der Waals surface area (Å²) in [6.45, 7) is 0.553. The maximum Gasteiger partial charge on any atom is 0.251 e. The average Bonchev–Trinajstić information content (AvgIpc) is 2.59. The van der Waals surface area contributed by atoms with Crippen molar-refractivity contribution in [3.05, 3.63) is 71.3 Å². The van der Waals surface area contributed by atoms with E-state index >= 15 is 0 Å². The Labute approximate surface area is 137 Å². The number of nitrogens with zero attached hydrogens (tertiary/aromatic N) is 2. The summed E-state index contributed by atoms with van der Waals surface area (Å²) in [4.78, 5) is 14.4. The number of nitrogens with one attached hydrogen (secondary N) is 1. The average molecular weight is 307 g/mol. The molecule has 1 amide bonds. The summed E-state index contributed by atoms with van der Waals surface area (Å²) in [7, 11) is 4.02. The van der Waals surface area contributed by atoms with Gasteiger partial charge in [-0.25, -0.2) is 0 Å². The first-order chi connectivity index (χ1) is 11.1. The highest BCUT2D eigenvalue weighted by Crippen LogP contribution is 2.07. The Balaban J connectivity index is 1.98. The monoisotopic (exact) mass is 307 g/mol. The molecule has 0 fully saturated rings. The summed E-state index contributed by atoms with van der Waals surface area (Å²) < 4.78 is 0. The summed E-state index contributed by atoms with van der Waals surface area (Å²) in [5, 5.41) is 11.9. The normalized spacial score (nSPS) is 11.7. The van der Waals surface area contributed by atoms with Crippen molar-refractivity contribution in [2.75, 3.05) is 20.6 Å². The maximum absolute atomic E-state index is 12.3. The van der Waals surface area contributed by atoms with Gasteiger partial charge in [-0.05, 0) is 44.3 Å². The van der Waals surface area contributed by atoms with Gasteiger partial charge in [-0.2, -0.15) is 5.26 Å². The van der Waals surface area contributed by atoms with Crippen molar-refractivity contribution < 1.29 is 4.79 Å². The fraction of sp³-hybridized carbons (Fsp3) is 0.263. The van der Waals surface area contributed by atoms with Gasteiger partial charge in [0.2, 0.25) is 0 Å². The lowest BCUT2D eigenvalue weighted by atomic mass is 10.0. The van der Waals surface area contributed by atoms with Crippen LogP contribution in [0.3, 0.4) is 0 Å². The number of hydrogen-bond donors (Lipinski definition) is 1. The lowest BCUT2D eigenvalue weighted by Gasteiger charge is -2.24. The second-order valence-electron chi connectivity index (χ2n) is 5.71. The standard InChI is InChI=1S/C19H21N3O/c1-22(2)18(12-15-7-4-3-5-8-15)14-21-19(23)17-10-6-9-16(11-17)13-20/h3-11,18H,12,14H2,1-2H3,(H,21,23). The largest absolute Gasteiger partial charge is 0.350 e. The first-order valence-corrected chi connectivity index (χ1v) is 7.59. The van der Waals surface area contributed by atoms with E-state index in [0.717, 1.165) is 6.42 Å². The third kappa shape index (κ3) is 4.94. The van der Waals surface area contributed by atoms with Crippen molar-refractivity contribution in [1.29, 1.82) is 5.26 Å². The van der Waals surface area contributed by atoms with E-state index < -0.39 is 0 Å². The molecule has 23 heavy (non-hydrogen) atoms. The fourth-order valence-corrected chi connectivity index (χ4v) is 2.37. The number of amides is 1. The molecule has 0 spiro atoms. The van der Waals surface area contributed by atoms with Gasteiger partial charge in [0, 0.05) is 18.2 Å². The Hall–Kier alpha value is -2.64. The second kappa shape index (κ2) is 8.11. The maximum atomic E-state index is 12.3. The Bertz CT molecular complexity index is 689. The highest BCUT2D eigenvalue weighted by molar-refractivity contribution is 5.94. The van der Waals surface area contributed by atoms with E-state index in [-0.39, 0.29) is 11.9 Å². The Morgan fingerprint density at radius 2 is 1.91 bits per heavy atom. The minimum Gasteiger partial charge on any atom is -0.350 e. The lowest BCUT2D eigenvalue weighted by molar-refractivity contribution is 0.0941. The number of benzene rings is 2. The highest BCUT2D eigenvalue weighted by atomic mass is 16.1. The van der Waals surface area contributed by atoms with Crippen LogP contribution in [0.1, 0.15) is 21.5 Å². The minimum atomic E-state index is -0.151. The molecular formula is C19H21N3O. The Morgan fingerprint density at radius 3 is 2.57 bits per heavy atom. The van der Waals surface area contributed by atoms with Crippen molar-refractivity contribution in [2.45, 2.75) is 12.5 Å². The van der Waals surface area contributed by atoms with E-state index in [2.05, 4.69) is 22.3 Å². The lowest BCUT2D eigenvalue weighted by Crippen LogP contribution is -2.41. The van der Waals surface area contributed by atoms with E-state index in [4.69, 9.17) is 5.26 Å². The van der Waals surface area contributed by atoms with Gasteiger partial charge in [0.1, 0.15) is 0 Å². The second-order valence-corrected chi connectivity index (χ2v) is 5.71. The molecule has 0 heterocycles. The predicted molar refractivity (Wildman–Crippen MR) is 91.1 cm³/mol. The zero-order valence-corrected chi connectivity index (χ0v) is 13.5. The molecule has 2 aromatic carbocycles. The summed E-state index contributed by atoms with van der Waals surface area (Å²) >= 11 is 0. The summed E-state index contributed by atoms with van der Waals surface area (Å²) in [6.07, 6.45) is 0.867. The molecule has 0 aliphatic heterocycles. The minimum absolute atomic E-state index is 0.151. The molecule has 0 bridgehead atoms. The molecule has 0 radical (unpaired) electrons. The molecule has 118 valence electrons. The van der Waals surface area contributed by atoms with Crippen LogP contribution in [-0.2, 0) is 6.42 Å². The van der Waals surface area contributed by atoms with Crippen LogP contribution >= 0.6 is 0 Å². The molecule has 2 aromatic rings. The number of rotatable bonds is 6. The smallest absolute Gasteiger partial charge is 0.251 e. The van der Waals surface area contributed by atoms with Crippen LogP contribution < -0.4 is 5.32 Å². The highest BCUT2D eigenvalue weighted by Gasteiger charge is 2.14. The van der Waals surface area contributed by atoms with Gasteiger partial charge in [-0.15, -0.1) is 0 Å². The third-order valence-electron chi connectivity index (χ3n) is 3.80. The van der Waals surface area contributed by atoms with E-state index in [1.165, 1.54) is 5.56 Å². The third-order valence-corrected chi connectivity index (χ3v) is 3.80. The number of likely N-dealkylation sites (N-methyl/N-ethyl adjacent to an activating group) is 1. The summed E-state index contributed by atoms with van der Waals surface area (Å²) in [5.41, 5.74) is 2.25. The number of hydrogen-bond acceptors (Lipinski definition) is 3. The number of carbonyl (C=O) groups is 1. The molecular weight excluding hydrogens is 286 g/mol. The van der Waals surface area contributed by atoms with Gasteiger partial charge >= 0.3 is 0 Å². The van der Waals surface area contributed by atoms with Crippen LogP contribution in [0.15, 0.2) is 54.6 Å². The van der Waals surface area contributed by atoms with Crippen molar-refractivity contribution in [1.82, 2.24) is 10.2 Å². The molecule has 1 atom stereocenters. The van der Waals surface area contributed by atoms with Gasteiger partial charge < -0.3 is 10.2 Å². The summed E-state index contributed by atoms with van der Waals surface area (Å²) in [6, 6.07) is 19.2. The van der Waals surface area contributed by atoms with Crippen LogP contribution in [0.2, 0.25) is 0 Å². The SMILES string of the molecule is CN(C)C(CNC(=O)c1cccc(C#N)c1)Cc1ccccc1. The van der Waals surface area contributed by atoms with Crippen molar-refractivity contribution >= 4 is 5.91 Å². The van der Waals surface area contributed by atoms with Crippen molar-refractivity contribution in [3.8, 4) is 6.07 Å². The van der Waals surface area contributed by atoms with Gasteiger partial charge in [0.15, 0.2) is 0 Å². The molecule has 1 unspecified atom stereocenters. The molecule has 0 saturated carbocycles. The van der Waals surface area contributed by atoms with Crippen LogP contribution in [-0.4, -0.2) is 37.5 Å². The van der Waals surface area contributed by atoms with E-state index in [0.29, 0.717) is 17.7 Å². The van der Waals surface area contributed by atoms with Crippen LogP contribution in [0, 0.1) is 11.3 Å². The number of carbonyl (C=O) groups excluding carboxylic acids is 1. The van der Waals surface area contributed by atoms with Gasteiger partial charge in [0.25, 0.3) is 5.91 Å². The van der Waals surface area contributed by atoms with E-state index in [1.54, 1.807) is 24.3 Å². The fourth-order valence-electron chi connectivity index (χ4n) is 2.37. The molecule has 1 N–H and O–H groups in total. The van der Waals surface area contributed by atoms with Crippen molar-refractivity contribution in [3.63, 3.8) is 0 Å². The van der Waals surface area contributed by atoms with Crippen LogP contribution in [0.25, 0.3) is 0 Å². The molecule has 2 rings (SSSR count). The quantitative estimate of drug-likeness (QED) is 0.892. The topological polar surface area (TPSA) is 56.1 Å². The van der Waals surface area contributed by atoms with Crippen molar-refractivity contribution in [2.24, 2.45) is 0 Å². The Morgan fingerprint density at radius 1 is 1.17 bits per heavy atom. The van der Waals surface area contributed by atoms with Crippen LogP contribution in [0.4, 0.5) is 0 Å². The molecule has 0 aliphatic carbocycles. The molecule has 4 nitrogen and oxygen atoms in total. The van der Waals surface area contributed by atoms with E-state index in [1.807, 2.05) is 38.4 Å². The first kappa shape index (κ1) is 16.7. The molecule has 0 aliphatic rings. The molecule has 4 heteroatoms. The number of nitriles is 1. The summed E-state index contributed by atoms with van der Waals surface area (Å²) in [5.74, 6) is -0.151. The molecule has 0 aromatic heterocycles. The zero-order chi connectivity index (χ0) is 16.7. The van der Waals surface area contributed by atoms with Gasteiger partial charge in [0.05, 0.1) is 11.6 Å². The zero-order valence-electron chi connectivity index (χ0n) is 13.5. The first-order valence-electron chi connectivity index (χ1n) is 7.59.